The summed E-state index contributed by atoms with van der Waals surface area (Å²) in [5.74, 6) is -1.22. The Morgan fingerprint density at radius 1 is 1.39 bits per heavy atom. The van der Waals surface area contributed by atoms with Gasteiger partial charge in [0.1, 0.15) is 5.82 Å². The summed E-state index contributed by atoms with van der Waals surface area (Å²) in [6.07, 6.45) is -2.39. The summed E-state index contributed by atoms with van der Waals surface area (Å²) < 4.78 is 59.7. The molecule has 0 aromatic carbocycles. The molecule has 0 spiro atoms. The average molecular weight is 368 g/mol. The first-order valence-corrected chi connectivity index (χ1v) is 8.83. The van der Waals surface area contributed by atoms with Crippen LogP contribution in [-0.2, 0) is 20.8 Å². The summed E-state index contributed by atoms with van der Waals surface area (Å²) in [6.45, 7) is 1.15. The van der Waals surface area contributed by atoms with Gasteiger partial charge in [-0.25, -0.2) is 13.4 Å². The molecule has 0 aliphatic heterocycles. The van der Waals surface area contributed by atoms with E-state index in [1.807, 2.05) is 0 Å². The highest BCUT2D eigenvalue weighted by Crippen LogP contribution is 2.35. The van der Waals surface area contributed by atoms with Crippen molar-refractivity contribution in [2.75, 3.05) is 11.1 Å². The number of sulfone groups is 1. The Balaban J connectivity index is 2.11. The lowest BCUT2D eigenvalue weighted by Gasteiger charge is -2.22. The van der Waals surface area contributed by atoms with Gasteiger partial charge in [-0.2, -0.15) is 13.2 Å². The summed E-state index contributed by atoms with van der Waals surface area (Å²) >= 11 is 3.95. The number of hydrogen-bond acceptors (Lipinski definition) is 5. The number of rotatable bonds is 5. The van der Waals surface area contributed by atoms with Gasteiger partial charge in [-0.15, -0.1) is 12.6 Å². The van der Waals surface area contributed by atoms with Crippen LogP contribution in [0.3, 0.4) is 0 Å². The van der Waals surface area contributed by atoms with Crippen molar-refractivity contribution < 1.29 is 26.4 Å². The minimum Gasteiger partial charge on any atom is -0.309 e. The van der Waals surface area contributed by atoms with E-state index in [4.69, 9.17) is 0 Å². The van der Waals surface area contributed by atoms with Gasteiger partial charge >= 0.3 is 6.18 Å². The molecule has 128 valence electrons. The Hall–Kier alpha value is -1.29. The third-order valence-electron chi connectivity index (χ3n) is 3.51. The Kier molecular flexibility index (Phi) is 4.69. The largest absolute Gasteiger partial charge is 0.417 e. The van der Waals surface area contributed by atoms with Gasteiger partial charge in [0.25, 0.3) is 5.91 Å². The highest BCUT2D eigenvalue weighted by atomic mass is 32.2. The molecule has 2 rings (SSSR count). The van der Waals surface area contributed by atoms with E-state index >= 15 is 0 Å². The van der Waals surface area contributed by atoms with E-state index in [0.29, 0.717) is 6.20 Å². The Bertz CT molecular complexity index is 696. The molecule has 1 atom stereocenters. The first-order valence-electron chi connectivity index (χ1n) is 6.73. The van der Waals surface area contributed by atoms with Crippen LogP contribution in [0, 0.1) is 5.92 Å². The van der Waals surface area contributed by atoms with Crippen molar-refractivity contribution in [2.24, 2.45) is 5.92 Å². The van der Waals surface area contributed by atoms with E-state index in [-0.39, 0.29) is 17.5 Å². The normalized spacial score (nSPS) is 18.3. The maximum absolute atomic E-state index is 12.4. The molecule has 5 nitrogen and oxygen atoms in total. The van der Waals surface area contributed by atoms with Gasteiger partial charge in [0.15, 0.2) is 13.9 Å². The first kappa shape index (κ1) is 18.1. The van der Waals surface area contributed by atoms with E-state index in [1.165, 1.54) is 0 Å². The van der Waals surface area contributed by atoms with Crippen LogP contribution >= 0.6 is 12.6 Å². The van der Waals surface area contributed by atoms with Gasteiger partial charge in [-0.3, -0.25) is 4.79 Å². The second-order valence-corrected chi connectivity index (χ2v) is 9.17. The zero-order chi connectivity index (χ0) is 17.5. The molecular weight excluding hydrogens is 353 g/mol. The van der Waals surface area contributed by atoms with Crippen LogP contribution in [0.4, 0.5) is 19.0 Å². The smallest absolute Gasteiger partial charge is 0.309 e. The second kappa shape index (κ2) is 5.97. The SMILES string of the molecule is CC(S)(C(=O)Nc1ccc(C(F)(F)F)cn1)S(=O)(=O)CC1CC1. The third kappa shape index (κ3) is 4.17. The maximum Gasteiger partial charge on any atom is 0.417 e. The molecule has 1 amide bonds. The third-order valence-corrected chi connectivity index (χ3v) is 6.86. The van der Waals surface area contributed by atoms with Crippen molar-refractivity contribution in [3.05, 3.63) is 23.9 Å². The molecule has 1 unspecified atom stereocenters. The zero-order valence-corrected chi connectivity index (χ0v) is 13.8. The van der Waals surface area contributed by atoms with Gasteiger partial charge in [0.2, 0.25) is 0 Å². The van der Waals surface area contributed by atoms with Crippen LogP contribution in [-0.4, -0.2) is 29.1 Å². The number of amides is 1. The number of anilines is 1. The fraction of sp³-hybridized carbons (Fsp3) is 0.538. The first-order chi connectivity index (χ1) is 10.4. The van der Waals surface area contributed by atoms with Crippen molar-refractivity contribution in [1.82, 2.24) is 4.98 Å². The number of alkyl halides is 3. The number of carbonyl (C=O) groups excluding carboxylic acids is 1. The molecule has 1 saturated carbocycles. The quantitative estimate of drug-likeness (QED) is 0.783. The van der Waals surface area contributed by atoms with Crippen LogP contribution in [0.5, 0.6) is 0 Å². The van der Waals surface area contributed by atoms with Gasteiger partial charge in [0.05, 0.1) is 11.3 Å². The Labute approximate surface area is 137 Å². The fourth-order valence-electron chi connectivity index (χ4n) is 1.77. The van der Waals surface area contributed by atoms with Crippen molar-refractivity contribution in [3.63, 3.8) is 0 Å². The Morgan fingerprint density at radius 2 is 2.00 bits per heavy atom. The number of pyridine rings is 1. The van der Waals surface area contributed by atoms with E-state index in [9.17, 15) is 26.4 Å². The van der Waals surface area contributed by atoms with Gasteiger partial charge < -0.3 is 5.32 Å². The molecule has 1 aliphatic carbocycles. The van der Waals surface area contributed by atoms with Crippen LogP contribution in [0.2, 0.25) is 0 Å². The number of nitrogens with zero attached hydrogens (tertiary/aromatic N) is 1. The summed E-state index contributed by atoms with van der Waals surface area (Å²) in [5.41, 5.74) is -0.967. The molecule has 1 N–H and O–H groups in total. The molecule has 23 heavy (non-hydrogen) atoms. The van der Waals surface area contributed by atoms with Crippen LogP contribution < -0.4 is 5.32 Å². The molecule has 1 aromatic rings. The minimum absolute atomic E-state index is 0.0449. The molecule has 10 heteroatoms. The number of thiol groups is 1. The molecule has 1 aliphatic rings. The lowest BCUT2D eigenvalue weighted by molar-refractivity contribution is -0.137. The van der Waals surface area contributed by atoms with Gasteiger partial charge in [-0.05, 0) is 37.8 Å². The van der Waals surface area contributed by atoms with Crippen molar-refractivity contribution in [1.29, 1.82) is 0 Å². The van der Waals surface area contributed by atoms with Crippen LogP contribution in [0.25, 0.3) is 0 Å². The molecule has 1 heterocycles. The highest BCUT2D eigenvalue weighted by Gasteiger charge is 2.45. The highest BCUT2D eigenvalue weighted by molar-refractivity contribution is 8.07. The summed E-state index contributed by atoms with van der Waals surface area (Å²) in [7, 11) is -3.80. The fourth-order valence-corrected chi connectivity index (χ4v) is 3.66. The predicted molar refractivity (Wildman–Crippen MR) is 81.8 cm³/mol. The maximum atomic E-state index is 12.4. The molecule has 1 fully saturated rings. The standard InChI is InChI=1S/C13H15F3N2O3S2/c1-12(22,23(20,21)7-8-2-3-8)11(19)18-10-5-4-9(6-17-10)13(14,15)16/h4-6,8,22H,2-3,7H2,1H3,(H,17,18,19). The van der Waals surface area contributed by atoms with Gasteiger partial charge in [0, 0.05) is 6.20 Å². The minimum atomic E-state index is -4.54. The lowest BCUT2D eigenvalue weighted by Crippen LogP contribution is -2.44. The van der Waals surface area contributed by atoms with Crippen molar-refractivity contribution in [3.8, 4) is 0 Å². The number of halogens is 3. The summed E-state index contributed by atoms with van der Waals surface area (Å²) in [5, 5.41) is 2.19. The van der Waals surface area contributed by atoms with Crippen molar-refractivity contribution in [2.45, 2.75) is 30.0 Å². The van der Waals surface area contributed by atoms with E-state index < -0.39 is 31.6 Å². The number of hydrogen-bond donors (Lipinski definition) is 2. The van der Waals surface area contributed by atoms with E-state index in [0.717, 1.165) is 31.9 Å². The van der Waals surface area contributed by atoms with Crippen LogP contribution in [0.1, 0.15) is 25.3 Å². The molecule has 0 radical (unpaired) electrons. The number of carbonyl (C=O) groups is 1. The van der Waals surface area contributed by atoms with Gasteiger partial charge in [-0.1, -0.05) is 0 Å². The molecule has 0 saturated heterocycles. The zero-order valence-electron chi connectivity index (χ0n) is 12.1. The molecule has 1 aromatic heterocycles. The topological polar surface area (TPSA) is 76.1 Å². The second-order valence-electron chi connectivity index (χ2n) is 5.59. The molecular formula is C13H15F3N2O3S2. The van der Waals surface area contributed by atoms with E-state index in [2.05, 4.69) is 22.9 Å². The predicted octanol–water partition coefficient (Wildman–Crippen LogP) is 2.51. The molecule has 0 bridgehead atoms. The van der Waals surface area contributed by atoms with Crippen LogP contribution in [0.15, 0.2) is 18.3 Å². The Morgan fingerprint density at radius 3 is 2.43 bits per heavy atom. The summed E-state index contributed by atoms with van der Waals surface area (Å²) in [6, 6.07) is 1.70. The van der Waals surface area contributed by atoms with E-state index in [1.54, 1.807) is 0 Å². The summed E-state index contributed by atoms with van der Waals surface area (Å²) in [4.78, 5) is 15.6. The lowest BCUT2D eigenvalue weighted by atomic mass is 10.3. The number of aromatic nitrogens is 1. The monoisotopic (exact) mass is 368 g/mol. The van der Waals surface area contributed by atoms with Crippen molar-refractivity contribution >= 4 is 34.2 Å². The number of nitrogens with one attached hydrogen (secondary N) is 1. The average Bonchev–Trinajstić information content (AvgIpc) is 3.21.